The van der Waals surface area contributed by atoms with Gasteiger partial charge < -0.3 is 10.4 Å². The third-order valence-electron chi connectivity index (χ3n) is 10.2. The first-order valence-electron chi connectivity index (χ1n) is 12.7. The van der Waals surface area contributed by atoms with Gasteiger partial charge in [0.2, 0.25) is 0 Å². The Bertz CT molecular complexity index is 1150. The molecule has 1 amide bonds. The number of benzene rings is 1. The summed E-state index contributed by atoms with van der Waals surface area (Å²) in [6, 6.07) is 9.97. The van der Waals surface area contributed by atoms with Crippen molar-refractivity contribution in [2.45, 2.75) is 69.9 Å². The Morgan fingerprint density at radius 2 is 1.79 bits per heavy atom. The Kier molecular flexibility index (Phi) is 4.52. The number of fused-ring (bicyclic) bond motifs is 5. The molecule has 0 spiro atoms. The number of nitrogens with one attached hydrogen (secondary N) is 1. The molecule has 2 N–H and O–H groups in total. The summed E-state index contributed by atoms with van der Waals surface area (Å²) in [4.78, 5) is 39.5. The fourth-order valence-electron chi connectivity index (χ4n) is 8.10. The molecule has 6 atom stereocenters. The van der Waals surface area contributed by atoms with E-state index in [1.54, 1.807) is 12.2 Å². The number of aliphatic hydroxyl groups is 1. The topological polar surface area (TPSA) is 83.5 Å². The van der Waals surface area contributed by atoms with Crippen LogP contribution >= 0.6 is 0 Å². The molecular formula is C29H33NO4. The molecule has 6 rings (SSSR count). The average molecular weight is 460 g/mol. The van der Waals surface area contributed by atoms with Gasteiger partial charge in [0.05, 0.1) is 5.54 Å². The van der Waals surface area contributed by atoms with Crippen LogP contribution in [-0.4, -0.2) is 28.2 Å². The van der Waals surface area contributed by atoms with Gasteiger partial charge in [-0.1, -0.05) is 55.8 Å². The molecule has 0 aliphatic heterocycles. The van der Waals surface area contributed by atoms with E-state index in [0.717, 1.165) is 43.2 Å². The van der Waals surface area contributed by atoms with Gasteiger partial charge in [-0.15, -0.1) is 0 Å². The van der Waals surface area contributed by atoms with Crippen molar-refractivity contribution in [3.8, 4) is 0 Å². The summed E-state index contributed by atoms with van der Waals surface area (Å²) in [6.07, 6.45) is 9.92. The van der Waals surface area contributed by atoms with Gasteiger partial charge in [0.1, 0.15) is 11.4 Å². The van der Waals surface area contributed by atoms with Gasteiger partial charge in [-0.25, -0.2) is 0 Å². The van der Waals surface area contributed by atoms with Crippen LogP contribution < -0.4 is 5.32 Å². The van der Waals surface area contributed by atoms with E-state index in [0.29, 0.717) is 6.42 Å². The Morgan fingerprint density at radius 1 is 1.06 bits per heavy atom. The van der Waals surface area contributed by atoms with Crippen molar-refractivity contribution in [3.05, 3.63) is 59.7 Å². The molecule has 4 saturated carbocycles. The molecule has 5 aliphatic carbocycles. The van der Waals surface area contributed by atoms with Crippen molar-refractivity contribution < 1.29 is 19.5 Å². The van der Waals surface area contributed by atoms with Crippen molar-refractivity contribution in [1.29, 1.82) is 0 Å². The molecule has 0 heterocycles. The summed E-state index contributed by atoms with van der Waals surface area (Å²) in [5.41, 5.74) is -1.05. The standard InChI is InChI=1S/C29H33NO4/c1-26-12-10-20(31)16-19(26)8-9-21-22-11-13-29(34,27(22,2)17-23(32)24(21)26)25(33)30-28(14-15-28)18-6-4-3-5-7-18/h3-7,10,12,16,21-22,24,34H,8-9,11,13-15,17H2,1-2H3,(H,30,33)/t21?,22?,24?,26?,27?,29-/m0/s1. The highest BCUT2D eigenvalue weighted by atomic mass is 16.3. The van der Waals surface area contributed by atoms with Crippen LogP contribution in [-0.2, 0) is 19.9 Å². The quantitative estimate of drug-likeness (QED) is 0.715. The minimum absolute atomic E-state index is 0.00152. The molecule has 5 unspecified atom stereocenters. The number of carbonyl (C=O) groups is 3. The van der Waals surface area contributed by atoms with Crippen molar-refractivity contribution in [2.24, 2.45) is 28.6 Å². The summed E-state index contributed by atoms with van der Waals surface area (Å²) < 4.78 is 0. The zero-order valence-electron chi connectivity index (χ0n) is 20.0. The molecule has 1 aromatic carbocycles. The smallest absolute Gasteiger partial charge is 0.253 e. The monoisotopic (exact) mass is 459 g/mol. The zero-order chi connectivity index (χ0) is 23.9. The second-order valence-corrected chi connectivity index (χ2v) is 11.8. The summed E-state index contributed by atoms with van der Waals surface area (Å²) in [6.45, 7) is 4.05. The van der Waals surface area contributed by atoms with E-state index in [2.05, 4.69) is 12.2 Å². The second kappa shape index (κ2) is 7.00. The lowest BCUT2D eigenvalue weighted by atomic mass is 9.47. The van der Waals surface area contributed by atoms with E-state index < -0.39 is 22.0 Å². The van der Waals surface area contributed by atoms with Crippen LogP contribution in [0.15, 0.2) is 54.1 Å². The number of hydrogen-bond donors (Lipinski definition) is 2. The number of Topliss-reactive ketones (excluding diaryl/α,β-unsaturated/α-hetero) is 1. The predicted molar refractivity (Wildman–Crippen MR) is 127 cm³/mol. The SMILES string of the molecule is CC12C=CC(=O)C=C1CCC1C2C(=O)CC2(C)C1CC[C@]2(O)C(=O)NC1(c2ccccc2)CC1. The Balaban J connectivity index is 1.30. The number of carbonyl (C=O) groups excluding carboxylic acids is 3. The van der Waals surface area contributed by atoms with Gasteiger partial charge >= 0.3 is 0 Å². The van der Waals surface area contributed by atoms with E-state index in [1.807, 2.05) is 43.3 Å². The molecule has 0 saturated heterocycles. The Hall–Kier alpha value is -2.53. The predicted octanol–water partition coefficient (Wildman–Crippen LogP) is 4.01. The van der Waals surface area contributed by atoms with Crippen LogP contribution in [0.25, 0.3) is 0 Å². The first-order chi connectivity index (χ1) is 16.1. The molecule has 34 heavy (non-hydrogen) atoms. The fourth-order valence-corrected chi connectivity index (χ4v) is 8.10. The van der Waals surface area contributed by atoms with Crippen LogP contribution in [0.2, 0.25) is 0 Å². The third-order valence-corrected chi connectivity index (χ3v) is 10.2. The van der Waals surface area contributed by atoms with Gasteiger partial charge in [0.25, 0.3) is 5.91 Å². The van der Waals surface area contributed by atoms with Gasteiger partial charge in [0, 0.05) is 23.2 Å². The molecular weight excluding hydrogens is 426 g/mol. The summed E-state index contributed by atoms with van der Waals surface area (Å²) in [7, 11) is 0. The van der Waals surface area contributed by atoms with Gasteiger partial charge in [-0.3, -0.25) is 14.4 Å². The highest BCUT2D eigenvalue weighted by Gasteiger charge is 2.69. The fraction of sp³-hybridized carbons (Fsp3) is 0.552. The summed E-state index contributed by atoms with van der Waals surface area (Å²) >= 11 is 0. The minimum atomic E-state index is -1.56. The molecule has 178 valence electrons. The van der Waals surface area contributed by atoms with E-state index in [9.17, 15) is 19.5 Å². The van der Waals surface area contributed by atoms with Crippen molar-refractivity contribution in [3.63, 3.8) is 0 Å². The lowest BCUT2D eigenvalue weighted by Gasteiger charge is -2.56. The van der Waals surface area contributed by atoms with Crippen LogP contribution in [0.4, 0.5) is 0 Å². The van der Waals surface area contributed by atoms with E-state index >= 15 is 0 Å². The number of allylic oxidation sites excluding steroid dienone is 4. The van der Waals surface area contributed by atoms with Gasteiger partial charge in [-0.05, 0) is 68.1 Å². The lowest BCUT2D eigenvalue weighted by Crippen LogP contribution is -2.63. The maximum absolute atomic E-state index is 13.8. The first-order valence-corrected chi connectivity index (χ1v) is 12.7. The Morgan fingerprint density at radius 3 is 2.50 bits per heavy atom. The van der Waals surface area contributed by atoms with Crippen LogP contribution in [0.5, 0.6) is 0 Å². The van der Waals surface area contributed by atoms with Crippen LogP contribution in [0.1, 0.15) is 64.4 Å². The number of rotatable bonds is 3. The molecule has 4 fully saturated rings. The maximum Gasteiger partial charge on any atom is 0.253 e. The molecule has 0 radical (unpaired) electrons. The highest BCUT2D eigenvalue weighted by Crippen LogP contribution is 2.66. The third kappa shape index (κ3) is 2.79. The molecule has 0 bridgehead atoms. The van der Waals surface area contributed by atoms with Crippen molar-refractivity contribution >= 4 is 17.5 Å². The molecule has 5 nitrogen and oxygen atoms in total. The van der Waals surface area contributed by atoms with Crippen molar-refractivity contribution in [2.75, 3.05) is 0 Å². The van der Waals surface area contributed by atoms with Crippen LogP contribution in [0.3, 0.4) is 0 Å². The number of hydrogen-bond acceptors (Lipinski definition) is 4. The van der Waals surface area contributed by atoms with E-state index in [1.165, 1.54) is 0 Å². The van der Waals surface area contributed by atoms with Gasteiger partial charge in [0.15, 0.2) is 5.78 Å². The highest BCUT2D eigenvalue weighted by molar-refractivity contribution is 6.02. The summed E-state index contributed by atoms with van der Waals surface area (Å²) in [5, 5.41) is 15.2. The number of amides is 1. The largest absolute Gasteiger partial charge is 0.379 e. The lowest BCUT2D eigenvalue weighted by molar-refractivity contribution is -0.169. The minimum Gasteiger partial charge on any atom is -0.379 e. The molecule has 5 aliphatic rings. The zero-order valence-corrected chi connectivity index (χ0v) is 20.0. The molecule has 5 heteroatoms. The maximum atomic E-state index is 13.8. The van der Waals surface area contributed by atoms with Crippen molar-refractivity contribution in [1.82, 2.24) is 5.32 Å². The Labute approximate surface area is 200 Å². The molecule has 1 aromatic rings. The number of ketones is 2. The average Bonchev–Trinajstić information content (AvgIpc) is 3.54. The first kappa shape index (κ1) is 22.0. The van der Waals surface area contributed by atoms with E-state index in [4.69, 9.17) is 0 Å². The van der Waals surface area contributed by atoms with E-state index in [-0.39, 0.29) is 41.6 Å². The van der Waals surface area contributed by atoms with Gasteiger partial charge in [-0.2, -0.15) is 0 Å². The summed E-state index contributed by atoms with van der Waals surface area (Å²) in [5.74, 6) is -0.193. The normalized spacial score (nSPS) is 41.7. The van der Waals surface area contributed by atoms with Crippen LogP contribution in [0, 0.1) is 28.6 Å². The molecule has 0 aromatic heterocycles. The second-order valence-electron chi connectivity index (χ2n) is 11.8.